The first-order valence-corrected chi connectivity index (χ1v) is 6.25. The summed E-state index contributed by atoms with van der Waals surface area (Å²) < 4.78 is 29.3. The van der Waals surface area contributed by atoms with E-state index in [1.807, 2.05) is 0 Å². The Hall–Kier alpha value is -2.17. The predicted molar refractivity (Wildman–Crippen MR) is 69.1 cm³/mol. The number of fused-ring (bicyclic) bond motifs is 1. The van der Waals surface area contributed by atoms with Gasteiger partial charge >= 0.3 is 12.6 Å². The Morgan fingerprint density at radius 2 is 1.80 bits per heavy atom. The molecule has 0 saturated heterocycles. The van der Waals surface area contributed by atoms with Gasteiger partial charge in [-0.05, 0) is 29.9 Å². The zero-order chi connectivity index (χ0) is 14.3. The topological polar surface area (TPSA) is 46.5 Å². The number of rotatable bonds is 4. The zero-order valence-corrected chi connectivity index (χ0v) is 10.5. The summed E-state index contributed by atoms with van der Waals surface area (Å²) in [6, 6.07) is 9.88. The molecule has 20 heavy (non-hydrogen) atoms. The molecule has 1 fully saturated rings. The van der Waals surface area contributed by atoms with Gasteiger partial charge in [0.1, 0.15) is 5.75 Å². The molecule has 3 rings (SSSR count). The van der Waals surface area contributed by atoms with Gasteiger partial charge in [0.05, 0.1) is 5.41 Å². The highest BCUT2D eigenvalue weighted by Crippen LogP contribution is 2.51. The molecule has 0 bridgehead atoms. The van der Waals surface area contributed by atoms with E-state index in [-0.39, 0.29) is 5.75 Å². The van der Waals surface area contributed by atoms with Crippen molar-refractivity contribution in [2.45, 2.75) is 24.9 Å². The highest BCUT2D eigenvalue weighted by atomic mass is 19.3. The van der Waals surface area contributed by atoms with Crippen LogP contribution in [0.4, 0.5) is 8.78 Å². The summed E-state index contributed by atoms with van der Waals surface area (Å²) in [7, 11) is 0. The fourth-order valence-corrected chi connectivity index (χ4v) is 2.61. The van der Waals surface area contributed by atoms with Gasteiger partial charge in [0, 0.05) is 5.39 Å². The largest absolute Gasteiger partial charge is 0.481 e. The second-order valence-corrected chi connectivity index (χ2v) is 4.92. The Morgan fingerprint density at radius 3 is 2.35 bits per heavy atom. The summed E-state index contributed by atoms with van der Waals surface area (Å²) >= 11 is 0. The van der Waals surface area contributed by atoms with E-state index in [1.54, 1.807) is 30.3 Å². The Morgan fingerprint density at radius 1 is 1.15 bits per heavy atom. The SMILES string of the molecule is O=C(O)C1(c2ccc(OC(F)F)c3ccccc23)CC1. The van der Waals surface area contributed by atoms with Crippen molar-refractivity contribution >= 4 is 16.7 Å². The molecule has 1 aliphatic rings. The third kappa shape index (κ3) is 1.90. The zero-order valence-electron chi connectivity index (χ0n) is 10.5. The van der Waals surface area contributed by atoms with E-state index in [0.717, 1.165) is 0 Å². The highest BCUT2D eigenvalue weighted by molar-refractivity contribution is 5.97. The van der Waals surface area contributed by atoms with Crippen molar-refractivity contribution in [3.05, 3.63) is 42.0 Å². The van der Waals surface area contributed by atoms with E-state index in [1.165, 1.54) is 6.07 Å². The van der Waals surface area contributed by atoms with E-state index in [9.17, 15) is 18.7 Å². The van der Waals surface area contributed by atoms with Gasteiger partial charge in [-0.15, -0.1) is 0 Å². The van der Waals surface area contributed by atoms with Gasteiger partial charge in [0.2, 0.25) is 0 Å². The first-order chi connectivity index (χ1) is 9.54. The number of carbonyl (C=O) groups is 1. The monoisotopic (exact) mass is 278 g/mol. The van der Waals surface area contributed by atoms with Crippen LogP contribution in [0.2, 0.25) is 0 Å². The van der Waals surface area contributed by atoms with Crippen molar-refractivity contribution in [1.82, 2.24) is 0 Å². The van der Waals surface area contributed by atoms with Crippen LogP contribution in [0.3, 0.4) is 0 Å². The van der Waals surface area contributed by atoms with Crippen LogP contribution in [0, 0.1) is 0 Å². The summed E-state index contributed by atoms with van der Waals surface area (Å²) in [4.78, 5) is 11.4. The van der Waals surface area contributed by atoms with Crippen molar-refractivity contribution in [2.24, 2.45) is 0 Å². The Kier molecular flexibility index (Phi) is 2.85. The van der Waals surface area contributed by atoms with Gasteiger partial charge in [-0.1, -0.05) is 30.3 Å². The minimum atomic E-state index is -2.90. The molecule has 0 aliphatic heterocycles. The standard InChI is InChI=1S/C15H12F2O3/c16-14(17)20-12-6-5-11(15(7-8-15)13(18)19)9-3-1-2-4-10(9)12/h1-6,14H,7-8H2,(H,18,19). The molecule has 0 amide bonds. The van der Waals surface area contributed by atoms with E-state index < -0.39 is 18.0 Å². The molecule has 5 heteroatoms. The number of benzene rings is 2. The van der Waals surface area contributed by atoms with Crippen molar-refractivity contribution in [2.75, 3.05) is 0 Å². The maximum Gasteiger partial charge on any atom is 0.387 e. The molecule has 2 aromatic carbocycles. The Bertz CT molecular complexity index is 678. The van der Waals surface area contributed by atoms with E-state index in [2.05, 4.69) is 4.74 Å². The predicted octanol–water partition coefficient (Wildman–Crippen LogP) is 3.56. The summed E-state index contributed by atoms with van der Waals surface area (Å²) in [5.74, 6) is -0.800. The smallest absolute Gasteiger partial charge is 0.387 e. The number of halogens is 2. The second kappa shape index (κ2) is 4.44. The minimum absolute atomic E-state index is 0.0699. The van der Waals surface area contributed by atoms with Crippen LogP contribution in [-0.4, -0.2) is 17.7 Å². The number of hydrogen-bond donors (Lipinski definition) is 1. The molecule has 2 aromatic rings. The van der Waals surface area contributed by atoms with Gasteiger partial charge in [0.25, 0.3) is 0 Å². The fraction of sp³-hybridized carbons (Fsp3) is 0.267. The van der Waals surface area contributed by atoms with Gasteiger partial charge in [-0.3, -0.25) is 4.79 Å². The lowest BCUT2D eigenvalue weighted by molar-refractivity contribution is -0.140. The number of carboxylic acid groups (broad SMARTS) is 1. The number of carboxylic acids is 1. The number of ether oxygens (including phenoxy) is 1. The molecule has 0 atom stereocenters. The maximum absolute atomic E-state index is 12.4. The van der Waals surface area contributed by atoms with Crippen molar-refractivity contribution in [3.63, 3.8) is 0 Å². The fourth-order valence-electron chi connectivity index (χ4n) is 2.61. The molecule has 3 nitrogen and oxygen atoms in total. The summed E-state index contributed by atoms with van der Waals surface area (Å²) in [5.41, 5.74) is -0.203. The van der Waals surface area contributed by atoms with Gasteiger partial charge < -0.3 is 9.84 Å². The molecule has 1 saturated carbocycles. The number of alkyl halides is 2. The number of hydrogen-bond acceptors (Lipinski definition) is 2. The first kappa shape index (κ1) is 12.8. The van der Waals surface area contributed by atoms with Crippen LogP contribution in [0.25, 0.3) is 10.8 Å². The lowest BCUT2D eigenvalue weighted by Gasteiger charge is -2.16. The quantitative estimate of drug-likeness (QED) is 0.930. The second-order valence-electron chi connectivity index (χ2n) is 4.92. The van der Waals surface area contributed by atoms with E-state index >= 15 is 0 Å². The molecule has 0 radical (unpaired) electrons. The summed E-state index contributed by atoms with van der Waals surface area (Å²) in [6.07, 6.45) is 1.14. The molecule has 1 aliphatic carbocycles. The van der Waals surface area contributed by atoms with E-state index in [4.69, 9.17) is 0 Å². The van der Waals surface area contributed by atoms with Crippen LogP contribution in [0.15, 0.2) is 36.4 Å². The summed E-state index contributed by atoms with van der Waals surface area (Å²) in [6.45, 7) is -2.90. The molecular weight excluding hydrogens is 266 g/mol. The maximum atomic E-state index is 12.4. The van der Waals surface area contributed by atoms with Crippen LogP contribution >= 0.6 is 0 Å². The lowest BCUT2D eigenvalue weighted by Crippen LogP contribution is -2.20. The average Bonchev–Trinajstić information content (AvgIpc) is 3.20. The van der Waals surface area contributed by atoms with E-state index in [0.29, 0.717) is 29.2 Å². The molecule has 0 aromatic heterocycles. The average molecular weight is 278 g/mol. The molecule has 0 heterocycles. The molecule has 104 valence electrons. The van der Waals surface area contributed by atoms with Crippen molar-refractivity contribution in [1.29, 1.82) is 0 Å². The Labute approximate surface area is 113 Å². The normalized spacial score (nSPS) is 16.4. The first-order valence-electron chi connectivity index (χ1n) is 6.25. The third-order valence-electron chi connectivity index (χ3n) is 3.78. The molecule has 1 N–H and O–H groups in total. The third-order valence-corrected chi connectivity index (χ3v) is 3.78. The van der Waals surface area contributed by atoms with Crippen LogP contribution in [-0.2, 0) is 10.2 Å². The van der Waals surface area contributed by atoms with Gasteiger partial charge in [-0.2, -0.15) is 8.78 Å². The lowest BCUT2D eigenvalue weighted by atomic mass is 9.90. The van der Waals surface area contributed by atoms with Gasteiger partial charge in [-0.25, -0.2) is 0 Å². The highest BCUT2D eigenvalue weighted by Gasteiger charge is 2.52. The van der Waals surface area contributed by atoms with Crippen molar-refractivity contribution in [3.8, 4) is 5.75 Å². The summed E-state index contributed by atoms with van der Waals surface area (Å²) in [5, 5.41) is 10.5. The Balaban J connectivity index is 2.19. The number of aliphatic carboxylic acids is 1. The minimum Gasteiger partial charge on any atom is -0.481 e. The molecular formula is C15H12F2O3. The molecule has 0 unspecified atom stereocenters. The van der Waals surface area contributed by atoms with Crippen molar-refractivity contribution < 1.29 is 23.4 Å². The molecule has 0 spiro atoms. The van der Waals surface area contributed by atoms with Crippen LogP contribution in [0.1, 0.15) is 18.4 Å². The van der Waals surface area contributed by atoms with Crippen LogP contribution in [0.5, 0.6) is 5.75 Å². The van der Waals surface area contributed by atoms with Crippen LogP contribution < -0.4 is 4.74 Å². The van der Waals surface area contributed by atoms with Gasteiger partial charge in [0.15, 0.2) is 0 Å².